The number of benzene rings is 1. The molecule has 0 bridgehead atoms. The maximum absolute atomic E-state index is 10.8. The number of nitrogens with zero attached hydrogens (tertiary/aromatic N) is 3. The lowest BCUT2D eigenvalue weighted by molar-refractivity contribution is 0.112. The van der Waals surface area contributed by atoms with Gasteiger partial charge in [0.25, 0.3) is 0 Å². The van der Waals surface area contributed by atoms with Crippen molar-refractivity contribution in [3.05, 3.63) is 36.0 Å². The predicted octanol–water partition coefficient (Wildman–Crippen LogP) is 0.902. The van der Waals surface area contributed by atoms with Crippen molar-refractivity contribution in [3.8, 4) is 11.3 Å². The van der Waals surface area contributed by atoms with Crippen LogP contribution < -0.4 is 5.32 Å². The quantitative estimate of drug-likeness (QED) is 0.793. The summed E-state index contributed by atoms with van der Waals surface area (Å²) >= 11 is 0. The monoisotopic (exact) mass is 228 g/mol. The van der Waals surface area contributed by atoms with Gasteiger partial charge in [-0.15, -0.1) is 5.10 Å². The molecule has 2 heterocycles. The molecule has 0 saturated carbocycles. The Labute approximate surface area is 98.4 Å². The molecule has 5 heteroatoms. The molecule has 0 atom stereocenters. The lowest BCUT2D eigenvalue weighted by Gasteiger charge is -2.28. The van der Waals surface area contributed by atoms with Gasteiger partial charge in [-0.2, -0.15) is 0 Å². The highest BCUT2D eigenvalue weighted by atomic mass is 16.1. The number of rotatable bonds is 3. The third kappa shape index (κ3) is 1.74. The summed E-state index contributed by atoms with van der Waals surface area (Å²) in [5.41, 5.74) is 2.61. The first-order valence-electron chi connectivity index (χ1n) is 5.55. The molecular formula is C12H12N4O. The van der Waals surface area contributed by atoms with Gasteiger partial charge in [0.15, 0.2) is 0 Å². The topological polar surface area (TPSA) is 59.8 Å². The number of nitrogens with one attached hydrogen (secondary N) is 1. The summed E-state index contributed by atoms with van der Waals surface area (Å²) in [5, 5.41) is 11.3. The van der Waals surface area contributed by atoms with E-state index >= 15 is 0 Å². The lowest BCUT2D eigenvalue weighted by Crippen LogP contribution is -2.44. The van der Waals surface area contributed by atoms with Crippen LogP contribution in [0.5, 0.6) is 0 Å². The van der Waals surface area contributed by atoms with Gasteiger partial charge in [0.05, 0.1) is 17.9 Å². The van der Waals surface area contributed by atoms with E-state index < -0.39 is 0 Å². The molecule has 1 aromatic heterocycles. The molecule has 3 rings (SSSR count). The molecule has 0 aliphatic carbocycles. The minimum Gasteiger partial charge on any atom is -0.312 e. The first kappa shape index (κ1) is 10.2. The number of aldehydes is 1. The molecule has 0 radical (unpaired) electrons. The Bertz CT molecular complexity index is 545. The first-order valence-corrected chi connectivity index (χ1v) is 5.55. The molecule has 1 N–H and O–H groups in total. The molecule has 5 nitrogen and oxygen atoms in total. The van der Waals surface area contributed by atoms with Crippen molar-refractivity contribution >= 4 is 6.29 Å². The summed E-state index contributed by atoms with van der Waals surface area (Å²) in [6.45, 7) is 1.84. The average Bonchev–Trinajstić information content (AvgIpc) is 2.76. The van der Waals surface area contributed by atoms with Gasteiger partial charge in [-0.05, 0) is 6.07 Å². The number of hydrogen-bond donors (Lipinski definition) is 1. The summed E-state index contributed by atoms with van der Waals surface area (Å²) in [5.74, 6) is 0. The van der Waals surface area contributed by atoms with Crippen LogP contribution >= 0.6 is 0 Å². The normalized spacial score (nSPS) is 15.5. The highest BCUT2D eigenvalue weighted by molar-refractivity contribution is 5.78. The van der Waals surface area contributed by atoms with Gasteiger partial charge in [-0.25, -0.2) is 4.68 Å². The summed E-state index contributed by atoms with van der Waals surface area (Å²) in [4.78, 5) is 10.8. The molecule has 86 valence electrons. The summed E-state index contributed by atoms with van der Waals surface area (Å²) < 4.78 is 1.92. The van der Waals surface area contributed by atoms with E-state index in [1.807, 2.05) is 22.9 Å². The number of aromatic nitrogens is 3. The maximum atomic E-state index is 10.8. The second-order valence-electron chi connectivity index (χ2n) is 4.12. The van der Waals surface area contributed by atoms with Crippen LogP contribution in [0, 0.1) is 0 Å². The molecular weight excluding hydrogens is 216 g/mol. The highest BCUT2D eigenvalue weighted by Gasteiger charge is 2.22. The fourth-order valence-corrected chi connectivity index (χ4v) is 1.94. The van der Waals surface area contributed by atoms with E-state index in [1.54, 1.807) is 12.3 Å². The minimum atomic E-state index is 0.368. The Kier molecular flexibility index (Phi) is 2.45. The molecule has 1 aliphatic heterocycles. The number of carbonyl (C=O) groups is 1. The van der Waals surface area contributed by atoms with Crippen LogP contribution in [0.15, 0.2) is 30.5 Å². The highest BCUT2D eigenvalue weighted by Crippen LogP contribution is 2.23. The van der Waals surface area contributed by atoms with Gasteiger partial charge in [-0.3, -0.25) is 4.79 Å². The van der Waals surface area contributed by atoms with Crippen molar-refractivity contribution in [2.45, 2.75) is 6.04 Å². The smallest absolute Gasteiger partial charge is 0.150 e. The van der Waals surface area contributed by atoms with E-state index in [0.717, 1.165) is 30.6 Å². The molecule has 17 heavy (non-hydrogen) atoms. The second kappa shape index (κ2) is 4.10. The molecule has 1 aromatic carbocycles. The molecule has 1 aliphatic rings. The Morgan fingerprint density at radius 3 is 3.00 bits per heavy atom. The summed E-state index contributed by atoms with van der Waals surface area (Å²) in [7, 11) is 0. The van der Waals surface area contributed by atoms with Crippen molar-refractivity contribution in [3.63, 3.8) is 0 Å². The standard InChI is InChI=1S/C12H12N4O/c17-8-9-2-1-3-10(4-9)12-7-14-15-16(12)11-5-13-6-11/h1-4,7-8,11,13H,5-6H2. The lowest BCUT2D eigenvalue weighted by atomic mass is 10.1. The summed E-state index contributed by atoms with van der Waals surface area (Å²) in [6.07, 6.45) is 2.59. The average molecular weight is 228 g/mol. The van der Waals surface area contributed by atoms with Crippen molar-refractivity contribution in [1.29, 1.82) is 0 Å². The van der Waals surface area contributed by atoms with Crippen LogP contribution in [0.1, 0.15) is 16.4 Å². The molecule has 0 amide bonds. The Morgan fingerprint density at radius 2 is 2.29 bits per heavy atom. The van der Waals surface area contributed by atoms with E-state index in [4.69, 9.17) is 0 Å². The zero-order valence-corrected chi connectivity index (χ0v) is 9.21. The maximum Gasteiger partial charge on any atom is 0.150 e. The third-order valence-corrected chi connectivity index (χ3v) is 3.00. The van der Waals surface area contributed by atoms with Gasteiger partial charge in [0.1, 0.15) is 6.29 Å². The van der Waals surface area contributed by atoms with Crippen LogP contribution in [-0.2, 0) is 0 Å². The Hall–Kier alpha value is -2.01. The van der Waals surface area contributed by atoms with Gasteiger partial charge < -0.3 is 5.32 Å². The van der Waals surface area contributed by atoms with E-state index in [2.05, 4.69) is 15.6 Å². The van der Waals surface area contributed by atoms with Crippen molar-refractivity contribution in [2.75, 3.05) is 13.1 Å². The van der Waals surface area contributed by atoms with Gasteiger partial charge in [-0.1, -0.05) is 23.4 Å². The minimum absolute atomic E-state index is 0.368. The fourth-order valence-electron chi connectivity index (χ4n) is 1.94. The van der Waals surface area contributed by atoms with Crippen molar-refractivity contribution < 1.29 is 4.79 Å². The van der Waals surface area contributed by atoms with Crippen molar-refractivity contribution in [1.82, 2.24) is 20.3 Å². The van der Waals surface area contributed by atoms with Crippen molar-refractivity contribution in [2.24, 2.45) is 0 Å². The SMILES string of the molecule is O=Cc1cccc(-c2cnnn2C2CNC2)c1. The molecule has 0 unspecified atom stereocenters. The van der Waals surface area contributed by atoms with Gasteiger partial charge >= 0.3 is 0 Å². The third-order valence-electron chi connectivity index (χ3n) is 3.00. The molecule has 1 fully saturated rings. The van der Waals surface area contributed by atoms with Crippen LogP contribution in [0.3, 0.4) is 0 Å². The van der Waals surface area contributed by atoms with E-state index in [0.29, 0.717) is 11.6 Å². The van der Waals surface area contributed by atoms with Gasteiger partial charge in [0, 0.05) is 24.2 Å². The van der Waals surface area contributed by atoms with E-state index in [-0.39, 0.29) is 0 Å². The van der Waals surface area contributed by atoms with E-state index in [1.165, 1.54) is 0 Å². The molecule has 2 aromatic rings. The van der Waals surface area contributed by atoms with Crippen LogP contribution in [0.25, 0.3) is 11.3 Å². The Balaban J connectivity index is 2.02. The largest absolute Gasteiger partial charge is 0.312 e. The van der Waals surface area contributed by atoms with Gasteiger partial charge in [0.2, 0.25) is 0 Å². The van der Waals surface area contributed by atoms with Crippen LogP contribution in [0.4, 0.5) is 0 Å². The molecule has 0 spiro atoms. The molecule has 1 saturated heterocycles. The predicted molar refractivity (Wildman–Crippen MR) is 62.8 cm³/mol. The van der Waals surface area contributed by atoms with Crippen LogP contribution in [0.2, 0.25) is 0 Å². The zero-order chi connectivity index (χ0) is 11.7. The summed E-state index contributed by atoms with van der Waals surface area (Å²) in [6, 6.07) is 7.85. The number of carbonyl (C=O) groups excluding carboxylic acids is 1. The zero-order valence-electron chi connectivity index (χ0n) is 9.21. The number of hydrogen-bond acceptors (Lipinski definition) is 4. The fraction of sp³-hybridized carbons (Fsp3) is 0.250. The first-order chi connectivity index (χ1) is 8.38. The second-order valence-corrected chi connectivity index (χ2v) is 4.12. The Morgan fingerprint density at radius 1 is 1.41 bits per heavy atom. The van der Waals surface area contributed by atoms with E-state index in [9.17, 15) is 4.79 Å². The van der Waals surface area contributed by atoms with Crippen LogP contribution in [-0.4, -0.2) is 34.4 Å².